The summed E-state index contributed by atoms with van der Waals surface area (Å²) in [4.78, 5) is 14.1. The summed E-state index contributed by atoms with van der Waals surface area (Å²) < 4.78 is 5.34. The molecule has 1 aliphatic rings. The Kier molecular flexibility index (Phi) is 5.60. The van der Waals surface area contributed by atoms with E-state index < -0.39 is 0 Å². The Hall–Kier alpha value is -0.610. The molecule has 106 valence electrons. The largest absolute Gasteiger partial charge is 0.460 e. The maximum atomic E-state index is 11.7. The van der Waals surface area contributed by atoms with Crippen molar-refractivity contribution in [2.75, 3.05) is 26.7 Å². The molecular weight excluding hydrogens is 228 g/mol. The highest BCUT2D eigenvalue weighted by atomic mass is 16.6. The van der Waals surface area contributed by atoms with Gasteiger partial charge in [-0.2, -0.15) is 0 Å². The molecule has 0 aromatic heterocycles. The molecule has 1 aliphatic heterocycles. The number of nitrogens with one attached hydrogen (secondary N) is 1. The van der Waals surface area contributed by atoms with Gasteiger partial charge in [0.25, 0.3) is 0 Å². The number of nitrogens with zero attached hydrogens (tertiary/aromatic N) is 1. The number of carbonyl (C=O) groups is 1. The molecule has 0 radical (unpaired) electrons. The highest BCUT2D eigenvalue weighted by Crippen LogP contribution is 2.24. The number of hydrogen-bond acceptors (Lipinski definition) is 4. The van der Waals surface area contributed by atoms with Crippen molar-refractivity contribution in [1.29, 1.82) is 0 Å². The Balaban J connectivity index is 2.17. The van der Waals surface area contributed by atoms with Crippen molar-refractivity contribution < 1.29 is 9.53 Å². The summed E-state index contributed by atoms with van der Waals surface area (Å²) in [6.45, 7) is 11.1. The predicted octanol–water partition coefficient (Wildman–Crippen LogP) is 1.65. The number of ether oxygens (including phenoxy) is 1. The van der Waals surface area contributed by atoms with E-state index in [9.17, 15) is 4.79 Å². The van der Waals surface area contributed by atoms with Gasteiger partial charge in [0.2, 0.25) is 0 Å². The Morgan fingerprint density at radius 2 is 2.06 bits per heavy atom. The van der Waals surface area contributed by atoms with Crippen LogP contribution in [0.15, 0.2) is 0 Å². The van der Waals surface area contributed by atoms with E-state index in [4.69, 9.17) is 4.74 Å². The molecule has 1 fully saturated rings. The normalized spacial score (nSPS) is 19.4. The molecule has 4 nitrogen and oxygen atoms in total. The van der Waals surface area contributed by atoms with Gasteiger partial charge < -0.3 is 10.1 Å². The molecule has 1 rings (SSSR count). The first kappa shape index (κ1) is 15.4. The fraction of sp³-hybridized carbons (Fsp3) is 0.929. The maximum Gasteiger partial charge on any atom is 0.306 e. The first-order valence-electron chi connectivity index (χ1n) is 6.92. The van der Waals surface area contributed by atoms with Crippen LogP contribution in [0.25, 0.3) is 0 Å². The fourth-order valence-corrected chi connectivity index (χ4v) is 2.25. The second-order valence-corrected chi connectivity index (χ2v) is 6.35. The SMILES string of the molecule is CNCCC(C)N1CC(CC(=O)OC(C)(C)C)C1. The molecule has 1 atom stereocenters. The molecule has 1 saturated heterocycles. The van der Waals surface area contributed by atoms with Crippen LogP contribution in [0.5, 0.6) is 0 Å². The Labute approximate surface area is 111 Å². The van der Waals surface area contributed by atoms with Gasteiger partial charge in [0.15, 0.2) is 0 Å². The Bertz CT molecular complexity index is 267. The molecule has 1 N–H and O–H groups in total. The van der Waals surface area contributed by atoms with Crippen LogP contribution in [-0.4, -0.2) is 49.2 Å². The minimum atomic E-state index is -0.361. The van der Waals surface area contributed by atoms with Gasteiger partial charge in [0, 0.05) is 19.1 Å². The zero-order chi connectivity index (χ0) is 13.8. The van der Waals surface area contributed by atoms with Crippen LogP contribution >= 0.6 is 0 Å². The monoisotopic (exact) mass is 256 g/mol. The van der Waals surface area contributed by atoms with E-state index in [-0.39, 0.29) is 11.6 Å². The zero-order valence-corrected chi connectivity index (χ0v) is 12.5. The molecule has 0 aromatic rings. The molecule has 1 heterocycles. The van der Waals surface area contributed by atoms with Crippen LogP contribution < -0.4 is 5.32 Å². The van der Waals surface area contributed by atoms with Gasteiger partial charge in [0.05, 0.1) is 6.42 Å². The smallest absolute Gasteiger partial charge is 0.306 e. The van der Waals surface area contributed by atoms with Crippen molar-refractivity contribution in [3.8, 4) is 0 Å². The average molecular weight is 256 g/mol. The first-order chi connectivity index (χ1) is 8.31. The summed E-state index contributed by atoms with van der Waals surface area (Å²) in [5.74, 6) is 0.423. The highest BCUT2D eigenvalue weighted by Gasteiger charge is 2.32. The Morgan fingerprint density at radius 1 is 1.44 bits per heavy atom. The van der Waals surface area contributed by atoms with Crippen molar-refractivity contribution in [3.63, 3.8) is 0 Å². The second kappa shape index (κ2) is 6.53. The molecule has 0 aliphatic carbocycles. The fourth-order valence-electron chi connectivity index (χ4n) is 2.25. The third-order valence-corrected chi connectivity index (χ3v) is 3.30. The molecule has 4 heteroatoms. The van der Waals surface area contributed by atoms with E-state index in [2.05, 4.69) is 17.1 Å². The van der Waals surface area contributed by atoms with Crippen LogP contribution in [0.1, 0.15) is 40.5 Å². The van der Waals surface area contributed by atoms with Crippen LogP contribution in [0, 0.1) is 5.92 Å². The number of carbonyl (C=O) groups excluding carboxylic acids is 1. The van der Waals surface area contributed by atoms with Crippen molar-refractivity contribution >= 4 is 5.97 Å². The lowest BCUT2D eigenvalue weighted by Gasteiger charge is -2.43. The minimum absolute atomic E-state index is 0.0602. The third-order valence-electron chi connectivity index (χ3n) is 3.30. The van der Waals surface area contributed by atoms with Crippen LogP contribution in [0.3, 0.4) is 0 Å². The highest BCUT2D eigenvalue weighted by molar-refractivity contribution is 5.70. The van der Waals surface area contributed by atoms with Crippen molar-refractivity contribution in [2.24, 2.45) is 5.92 Å². The van der Waals surface area contributed by atoms with Crippen LogP contribution in [-0.2, 0) is 9.53 Å². The molecule has 0 bridgehead atoms. The second-order valence-electron chi connectivity index (χ2n) is 6.35. The predicted molar refractivity (Wildman–Crippen MR) is 73.5 cm³/mol. The molecule has 1 unspecified atom stereocenters. The standard InChI is InChI=1S/C14H28N2O2/c1-11(6-7-15-5)16-9-12(10-16)8-13(17)18-14(2,3)4/h11-12,15H,6-10H2,1-5H3. The molecule has 0 amide bonds. The summed E-state index contributed by atoms with van der Waals surface area (Å²) in [5.41, 5.74) is -0.361. The van der Waals surface area contributed by atoms with Gasteiger partial charge >= 0.3 is 5.97 Å². The van der Waals surface area contributed by atoms with Gasteiger partial charge in [-0.15, -0.1) is 0 Å². The summed E-state index contributed by atoms with van der Waals surface area (Å²) >= 11 is 0. The van der Waals surface area contributed by atoms with Crippen molar-refractivity contribution in [2.45, 2.75) is 52.2 Å². The van der Waals surface area contributed by atoms with Crippen molar-refractivity contribution in [1.82, 2.24) is 10.2 Å². The van der Waals surface area contributed by atoms with Gasteiger partial charge in [-0.05, 0) is 53.6 Å². The van der Waals surface area contributed by atoms with Gasteiger partial charge in [-0.25, -0.2) is 0 Å². The van der Waals surface area contributed by atoms with E-state index in [1.807, 2.05) is 27.8 Å². The summed E-state index contributed by atoms with van der Waals surface area (Å²) in [6.07, 6.45) is 1.72. The third kappa shape index (κ3) is 5.36. The first-order valence-corrected chi connectivity index (χ1v) is 6.92. The van der Waals surface area contributed by atoms with Gasteiger partial charge in [-0.3, -0.25) is 9.69 Å². The summed E-state index contributed by atoms with van der Waals surface area (Å²) in [6, 6.07) is 0.604. The topological polar surface area (TPSA) is 41.6 Å². The Morgan fingerprint density at radius 3 is 2.56 bits per heavy atom. The van der Waals surface area contributed by atoms with E-state index in [1.165, 1.54) is 0 Å². The molecule has 0 aromatic carbocycles. The van der Waals surface area contributed by atoms with Crippen LogP contribution in [0.2, 0.25) is 0 Å². The lowest BCUT2D eigenvalue weighted by Crippen LogP contribution is -2.52. The van der Waals surface area contributed by atoms with E-state index in [1.54, 1.807) is 0 Å². The van der Waals surface area contributed by atoms with Crippen LogP contribution in [0.4, 0.5) is 0 Å². The van der Waals surface area contributed by atoms with E-state index in [0.29, 0.717) is 18.4 Å². The molecule has 0 spiro atoms. The number of likely N-dealkylation sites (tertiary alicyclic amines) is 1. The number of hydrogen-bond donors (Lipinski definition) is 1. The summed E-state index contributed by atoms with van der Waals surface area (Å²) in [7, 11) is 1.98. The molecule has 18 heavy (non-hydrogen) atoms. The van der Waals surface area contributed by atoms with Crippen molar-refractivity contribution in [3.05, 3.63) is 0 Å². The zero-order valence-electron chi connectivity index (χ0n) is 12.5. The lowest BCUT2D eigenvalue weighted by atomic mass is 9.94. The van der Waals surface area contributed by atoms with E-state index >= 15 is 0 Å². The maximum absolute atomic E-state index is 11.7. The van der Waals surface area contributed by atoms with Gasteiger partial charge in [0.1, 0.15) is 5.60 Å². The molecular formula is C14H28N2O2. The number of esters is 1. The quantitative estimate of drug-likeness (QED) is 0.734. The minimum Gasteiger partial charge on any atom is -0.460 e. The molecule has 0 saturated carbocycles. The average Bonchev–Trinajstić information content (AvgIpc) is 2.16. The van der Waals surface area contributed by atoms with E-state index in [0.717, 1.165) is 26.1 Å². The van der Waals surface area contributed by atoms with Gasteiger partial charge in [-0.1, -0.05) is 0 Å². The lowest BCUT2D eigenvalue weighted by molar-refractivity contribution is -0.157. The summed E-state index contributed by atoms with van der Waals surface area (Å²) in [5, 5.41) is 3.17. The number of rotatable bonds is 6.